The van der Waals surface area contributed by atoms with Gasteiger partial charge in [0.15, 0.2) is 0 Å². The lowest BCUT2D eigenvalue weighted by Crippen LogP contribution is -2.33. The fraction of sp³-hybridized carbons (Fsp3) is 0.167. The van der Waals surface area contributed by atoms with Crippen LogP contribution >= 0.6 is 27.5 Å². The predicted molar refractivity (Wildman–Crippen MR) is 74.3 cm³/mol. The summed E-state index contributed by atoms with van der Waals surface area (Å²) in [7, 11) is 0. The number of rotatable bonds is 2. The molecule has 0 radical (unpaired) electrons. The van der Waals surface area contributed by atoms with Crippen LogP contribution in [0, 0.1) is 12.7 Å². The predicted octanol–water partition coefficient (Wildman–Crippen LogP) is 2.45. The number of aromatic amines is 1. The molecule has 7 heteroatoms. The van der Waals surface area contributed by atoms with Gasteiger partial charge in [-0.05, 0) is 35.0 Å². The van der Waals surface area contributed by atoms with Crippen molar-refractivity contribution < 1.29 is 4.39 Å². The highest BCUT2D eigenvalue weighted by Gasteiger charge is 2.13. The topological polar surface area (TPSA) is 54.9 Å². The summed E-state index contributed by atoms with van der Waals surface area (Å²) in [6.45, 7) is 1.54. The number of hydrogen-bond donors (Lipinski definition) is 1. The van der Waals surface area contributed by atoms with Crippen molar-refractivity contribution in [2.45, 2.75) is 13.5 Å². The summed E-state index contributed by atoms with van der Waals surface area (Å²) in [6, 6.07) is 4.29. The van der Waals surface area contributed by atoms with Crippen molar-refractivity contribution in [3.05, 3.63) is 65.6 Å². The molecule has 1 aromatic heterocycles. The first kappa shape index (κ1) is 14.0. The molecule has 0 amide bonds. The number of hydrogen-bond acceptors (Lipinski definition) is 2. The van der Waals surface area contributed by atoms with Gasteiger partial charge in [-0.3, -0.25) is 14.3 Å². The highest BCUT2D eigenvalue weighted by atomic mass is 79.9. The van der Waals surface area contributed by atoms with E-state index in [9.17, 15) is 14.0 Å². The number of halogens is 3. The molecule has 0 aliphatic carbocycles. The van der Waals surface area contributed by atoms with Gasteiger partial charge >= 0.3 is 5.69 Å². The van der Waals surface area contributed by atoms with E-state index in [1.54, 1.807) is 13.0 Å². The van der Waals surface area contributed by atoms with E-state index >= 15 is 0 Å². The smallest absolute Gasteiger partial charge is 0.292 e. The molecule has 4 nitrogen and oxygen atoms in total. The molecular weight excluding hydrogens is 338 g/mol. The molecule has 1 N–H and O–H groups in total. The molecule has 1 aromatic carbocycles. The van der Waals surface area contributed by atoms with Gasteiger partial charge in [0.1, 0.15) is 10.3 Å². The zero-order valence-corrected chi connectivity index (χ0v) is 12.2. The van der Waals surface area contributed by atoms with Gasteiger partial charge in [0.25, 0.3) is 5.56 Å². The van der Waals surface area contributed by atoms with E-state index in [1.165, 1.54) is 16.7 Å². The van der Waals surface area contributed by atoms with E-state index in [-0.39, 0.29) is 21.6 Å². The van der Waals surface area contributed by atoms with E-state index in [0.29, 0.717) is 5.69 Å². The quantitative estimate of drug-likeness (QED) is 0.907. The lowest BCUT2D eigenvalue weighted by atomic mass is 10.2. The Balaban J connectivity index is 2.60. The fourth-order valence-electron chi connectivity index (χ4n) is 1.69. The summed E-state index contributed by atoms with van der Waals surface area (Å²) in [5.41, 5.74) is -0.509. The van der Waals surface area contributed by atoms with Gasteiger partial charge in [0.05, 0.1) is 6.54 Å². The number of nitrogens with zero attached hydrogens (tertiary/aromatic N) is 1. The second kappa shape index (κ2) is 5.30. The van der Waals surface area contributed by atoms with Crippen LogP contribution in [0.15, 0.2) is 32.3 Å². The molecule has 0 aliphatic rings. The zero-order chi connectivity index (χ0) is 14.2. The van der Waals surface area contributed by atoms with Crippen molar-refractivity contribution in [2.24, 2.45) is 0 Å². The van der Waals surface area contributed by atoms with E-state index < -0.39 is 17.1 Å². The Hall–Kier alpha value is -1.40. The summed E-state index contributed by atoms with van der Waals surface area (Å²) in [5, 5.41) is 0.230. The van der Waals surface area contributed by atoms with E-state index in [4.69, 9.17) is 11.6 Å². The van der Waals surface area contributed by atoms with Crippen LogP contribution in [-0.4, -0.2) is 9.55 Å². The third-order valence-electron chi connectivity index (χ3n) is 2.77. The Morgan fingerprint density at radius 2 is 2.11 bits per heavy atom. The highest BCUT2D eigenvalue weighted by molar-refractivity contribution is 9.10. The number of benzene rings is 1. The van der Waals surface area contributed by atoms with Gasteiger partial charge in [-0.1, -0.05) is 17.7 Å². The fourth-order valence-corrected chi connectivity index (χ4v) is 2.22. The van der Waals surface area contributed by atoms with Gasteiger partial charge in [0, 0.05) is 16.3 Å². The van der Waals surface area contributed by atoms with Crippen LogP contribution in [-0.2, 0) is 6.54 Å². The van der Waals surface area contributed by atoms with E-state index in [0.717, 1.165) is 0 Å². The van der Waals surface area contributed by atoms with E-state index in [1.807, 2.05) is 0 Å². The second-order valence-electron chi connectivity index (χ2n) is 3.95. The van der Waals surface area contributed by atoms with Crippen molar-refractivity contribution in [2.75, 3.05) is 0 Å². The molecule has 0 saturated heterocycles. The lowest BCUT2D eigenvalue weighted by Gasteiger charge is -2.12. The maximum Gasteiger partial charge on any atom is 0.328 e. The Morgan fingerprint density at radius 1 is 1.42 bits per heavy atom. The molecule has 2 rings (SSSR count). The molecule has 0 aliphatic heterocycles. The number of aromatic nitrogens is 2. The SMILES string of the molecule is Cc1c(Br)c(=O)[nH]c(=O)n1Cc1c(F)cccc1Cl. The van der Waals surface area contributed by atoms with Crippen molar-refractivity contribution in [3.63, 3.8) is 0 Å². The lowest BCUT2D eigenvalue weighted by molar-refractivity contribution is 0.588. The van der Waals surface area contributed by atoms with Gasteiger partial charge < -0.3 is 0 Å². The summed E-state index contributed by atoms with van der Waals surface area (Å²) >= 11 is 9.00. The summed E-state index contributed by atoms with van der Waals surface area (Å²) in [6.07, 6.45) is 0. The largest absolute Gasteiger partial charge is 0.328 e. The Bertz CT molecular complexity index is 734. The van der Waals surface area contributed by atoms with Crippen LogP contribution < -0.4 is 11.2 Å². The van der Waals surface area contributed by atoms with Crippen molar-refractivity contribution in [1.82, 2.24) is 9.55 Å². The molecule has 100 valence electrons. The summed E-state index contributed by atoms with van der Waals surface area (Å²) < 4.78 is 15.2. The Kier molecular flexibility index (Phi) is 3.91. The first-order valence-corrected chi connectivity index (χ1v) is 6.51. The maximum absolute atomic E-state index is 13.7. The van der Waals surface area contributed by atoms with Crippen molar-refractivity contribution in [3.8, 4) is 0 Å². The minimum Gasteiger partial charge on any atom is -0.292 e. The Morgan fingerprint density at radius 3 is 2.74 bits per heavy atom. The zero-order valence-electron chi connectivity index (χ0n) is 9.84. The van der Waals surface area contributed by atoms with Gasteiger partial charge in [0.2, 0.25) is 0 Å². The normalized spacial score (nSPS) is 10.7. The average molecular weight is 348 g/mol. The minimum atomic E-state index is -0.606. The number of H-pyrrole nitrogens is 1. The third kappa shape index (κ3) is 2.64. The maximum atomic E-state index is 13.7. The van der Waals surface area contributed by atoms with E-state index in [2.05, 4.69) is 20.9 Å². The monoisotopic (exact) mass is 346 g/mol. The standard InChI is InChI=1S/C12H9BrClFN2O2/c1-6-10(13)11(18)16-12(19)17(6)5-7-8(14)3-2-4-9(7)15/h2-4H,5H2,1H3,(H,16,18,19). The number of nitrogens with one attached hydrogen (secondary N) is 1. The van der Waals surface area contributed by atoms with Crippen molar-refractivity contribution >= 4 is 27.5 Å². The van der Waals surface area contributed by atoms with Crippen LogP contribution in [0.2, 0.25) is 5.02 Å². The summed E-state index contributed by atoms with van der Waals surface area (Å²) in [4.78, 5) is 25.3. The second-order valence-corrected chi connectivity index (χ2v) is 5.15. The highest BCUT2D eigenvalue weighted by Crippen LogP contribution is 2.20. The Labute approximate surface area is 121 Å². The molecular formula is C12H9BrClFN2O2. The van der Waals surface area contributed by atoms with Crippen LogP contribution in [0.4, 0.5) is 4.39 Å². The van der Waals surface area contributed by atoms with Gasteiger partial charge in [-0.2, -0.15) is 0 Å². The average Bonchev–Trinajstić information content (AvgIpc) is 2.35. The first-order valence-electron chi connectivity index (χ1n) is 5.34. The molecule has 1 heterocycles. The molecule has 0 fully saturated rings. The van der Waals surface area contributed by atoms with Crippen molar-refractivity contribution in [1.29, 1.82) is 0 Å². The first-order chi connectivity index (χ1) is 8.91. The molecule has 19 heavy (non-hydrogen) atoms. The summed E-state index contributed by atoms with van der Waals surface area (Å²) in [5.74, 6) is -0.499. The molecule has 0 unspecified atom stereocenters. The van der Waals surface area contributed by atoms with Crippen LogP contribution in [0.1, 0.15) is 11.3 Å². The van der Waals surface area contributed by atoms with Gasteiger partial charge in [-0.25, -0.2) is 9.18 Å². The van der Waals surface area contributed by atoms with Crippen LogP contribution in [0.5, 0.6) is 0 Å². The molecule has 2 aromatic rings. The van der Waals surface area contributed by atoms with Crippen LogP contribution in [0.3, 0.4) is 0 Å². The molecule has 0 bridgehead atoms. The van der Waals surface area contributed by atoms with Gasteiger partial charge in [-0.15, -0.1) is 0 Å². The van der Waals surface area contributed by atoms with Crippen LogP contribution in [0.25, 0.3) is 0 Å². The molecule has 0 atom stereocenters. The molecule has 0 saturated carbocycles. The third-order valence-corrected chi connectivity index (χ3v) is 4.05. The minimum absolute atomic E-state index is 0.0500. The molecule has 0 spiro atoms.